The van der Waals surface area contributed by atoms with E-state index in [1.54, 1.807) is 0 Å². The van der Waals surface area contributed by atoms with Gasteiger partial charge in [-0.3, -0.25) is 14.6 Å². The lowest BCUT2D eigenvalue weighted by molar-refractivity contribution is -0.125. The summed E-state index contributed by atoms with van der Waals surface area (Å²) in [6, 6.07) is 9.82. The molecule has 4 saturated carbocycles. The molecule has 1 aliphatic heterocycles. The molecule has 1 unspecified atom stereocenters. The Morgan fingerprint density at radius 3 is 2.39 bits per heavy atom. The van der Waals surface area contributed by atoms with Crippen LogP contribution < -0.4 is 10.6 Å². The predicted octanol–water partition coefficient (Wildman–Crippen LogP) is 3.25. The molecular formula is C22H27N3O2S. The van der Waals surface area contributed by atoms with Gasteiger partial charge in [-0.1, -0.05) is 42.1 Å². The summed E-state index contributed by atoms with van der Waals surface area (Å²) < 4.78 is 0. The van der Waals surface area contributed by atoms with Crippen LogP contribution in [-0.2, 0) is 16.1 Å². The van der Waals surface area contributed by atoms with Crippen molar-refractivity contribution in [2.24, 2.45) is 22.7 Å². The Hall–Kier alpha value is -1.82. The fourth-order valence-electron chi connectivity index (χ4n) is 6.05. The van der Waals surface area contributed by atoms with Gasteiger partial charge in [-0.05, 0) is 61.8 Å². The molecule has 28 heavy (non-hydrogen) atoms. The first kappa shape index (κ1) is 18.2. The normalized spacial score (nSPS) is 37.3. The van der Waals surface area contributed by atoms with Gasteiger partial charge in [-0.25, -0.2) is 0 Å². The van der Waals surface area contributed by atoms with Crippen molar-refractivity contribution in [2.45, 2.75) is 62.3 Å². The van der Waals surface area contributed by atoms with E-state index in [4.69, 9.17) is 4.99 Å². The van der Waals surface area contributed by atoms with Crippen molar-refractivity contribution in [2.75, 3.05) is 0 Å². The van der Waals surface area contributed by atoms with E-state index in [-0.39, 0.29) is 29.0 Å². The molecule has 148 valence electrons. The molecule has 4 bridgehead atoms. The van der Waals surface area contributed by atoms with Crippen LogP contribution in [0.1, 0.15) is 50.5 Å². The fraction of sp³-hybridized carbons (Fsp3) is 0.591. The van der Waals surface area contributed by atoms with Gasteiger partial charge in [0.05, 0.1) is 5.54 Å². The number of aliphatic imine (C=N–C) groups is 1. The third-order valence-electron chi connectivity index (χ3n) is 6.82. The number of nitrogens with one attached hydrogen (secondary N) is 2. The van der Waals surface area contributed by atoms with Crippen molar-refractivity contribution < 1.29 is 9.59 Å². The fourth-order valence-corrected chi connectivity index (χ4v) is 7.12. The van der Waals surface area contributed by atoms with Crippen LogP contribution in [0.15, 0.2) is 35.3 Å². The lowest BCUT2D eigenvalue weighted by Crippen LogP contribution is -2.50. The van der Waals surface area contributed by atoms with E-state index in [2.05, 4.69) is 10.6 Å². The number of hydrogen-bond donors (Lipinski definition) is 2. The molecule has 6 heteroatoms. The van der Waals surface area contributed by atoms with E-state index in [0.717, 1.165) is 28.5 Å². The van der Waals surface area contributed by atoms with Crippen LogP contribution in [0.2, 0.25) is 0 Å². The molecule has 5 fully saturated rings. The number of thioether (sulfide) groups is 1. The maximum atomic E-state index is 12.4. The second-order valence-corrected chi connectivity index (χ2v) is 10.3. The van der Waals surface area contributed by atoms with Crippen molar-refractivity contribution in [3.05, 3.63) is 35.9 Å². The number of amides is 2. The predicted molar refractivity (Wildman–Crippen MR) is 111 cm³/mol. The maximum absolute atomic E-state index is 12.4. The SMILES string of the molecule is O=C(CC1SC(=NC23CC4CC(CC(C4)C2)C3)NC1=O)NCc1ccccc1. The first-order chi connectivity index (χ1) is 13.6. The summed E-state index contributed by atoms with van der Waals surface area (Å²) in [5, 5.41) is 6.24. The van der Waals surface area contributed by atoms with Gasteiger partial charge >= 0.3 is 0 Å². The minimum absolute atomic E-state index is 0.0504. The molecule has 1 aromatic carbocycles. The number of carbonyl (C=O) groups is 2. The minimum Gasteiger partial charge on any atom is -0.352 e. The van der Waals surface area contributed by atoms with Crippen LogP contribution in [-0.4, -0.2) is 27.8 Å². The summed E-state index contributed by atoms with van der Waals surface area (Å²) in [5.74, 6) is 2.32. The van der Waals surface area contributed by atoms with Gasteiger partial charge in [-0.2, -0.15) is 0 Å². The number of benzene rings is 1. The zero-order valence-electron chi connectivity index (χ0n) is 16.0. The Labute approximate surface area is 170 Å². The van der Waals surface area contributed by atoms with Gasteiger partial charge in [-0.15, -0.1) is 0 Å². The van der Waals surface area contributed by atoms with Gasteiger partial charge < -0.3 is 10.6 Å². The third-order valence-corrected chi connectivity index (χ3v) is 7.91. The molecule has 5 nitrogen and oxygen atoms in total. The number of rotatable bonds is 5. The van der Waals surface area contributed by atoms with Crippen molar-refractivity contribution >= 4 is 28.7 Å². The highest BCUT2D eigenvalue weighted by Crippen LogP contribution is 2.57. The largest absolute Gasteiger partial charge is 0.352 e. The molecule has 1 atom stereocenters. The Morgan fingerprint density at radius 1 is 1.11 bits per heavy atom. The van der Waals surface area contributed by atoms with Gasteiger partial charge in [0.1, 0.15) is 5.25 Å². The van der Waals surface area contributed by atoms with E-state index in [9.17, 15) is 9.59 Å². The minimum atomic E-state index is -0.372. The van der Waals surface area contributed by atoms with Crippen molar-refractivity contribution in [1.82, 2.24) is 10.6 Å². The molecule has 1 heterocycles. The zero-order valence-corrected chi connectivity index (χ0v) is 16.8. The molecule has 5 aliphatic rings. The molecule has 0 aromatic heterocycles. The average molecular weight is 398 g/mol. The standard InChI is InChI=1S/C22H27N3O2S/c26-19(23-13-14-4-2-1-3-5-14)9-18-20(27)24-21(28-18)25-22-10-15-6-16(11-22)8-17(7-15)12-22/h1-5,15-18H,6-13H2,(H,23,26)(H,24,25,27). The quantitative estimate of drug-likeness (QED) is 0.801. The highest BCUT2D eigenvalue weighted by molar-refractivity contribution is 8.15. The zero-order chi connectivity index (χ0) is 19.1. The summed E-state index contributed by atoms with van der Waals surface area (Å²) in [6.07, 6.45) is 7.89. The number of nitrogens with zero attached hydrogens (tertiary/aromatic N) is 1. The molecule has 0 spiro atoms. The maximum Gasteiger partial charge on any atom is 0.240 e. The summed E-state index contributed by atoms with van der Waals surface area (Å²) in [5.41, 5.74) is 1.11. The third kappa shape index (κ3) is 3.71. The van der Waals surface area contributed by atoms with E-state index >= 15 is 0 Å². The van der Waals surface area contributed by atoms with Gasteiger partial charge in [0.25, 0.3) is 0 Å². The summed E-state index contributed by atoms with van der Waals surface area (Å²) >= 11 is 1.45. The highest BCUT2D eigenvalue weighted by Gasteiger charge is 2.51. The number of hydrogen-bond acceptors (Lipinski definition) is 4. The number of carbonyl (C=O) groups excluding carboxylic acids is 2. The highest BCUT2D eigenvalue weighted by atomic mass is 32.2. The van der Waals surface area contributed by atoms with E-state index in [0.29, 0.717) is 6.54 Å². The van der Waals surface area contributed by atoms with E-state index in [1.165, 1.54) is 50.3 Å². The van der Waals surface area contributed by atoms with Crippen LogP contribution in [0.4, 0.5) is 0 Å². The monoisotopic (exact) mass is 397 g/mol. The summed E-state index contributed by atoms with van der Waals surface area (Å²) in [7, 11) is 0. The Morgan fingerprint density at radius 2 is 1.75 bits per heavy atom. The summed E-state index contributed by atoms with van der Waals surface area (Å²) in [6.45, 7) is 0.493. The summed E-state index contributed by atoms with van der Waals surface area (Å²) in [4.78, 5) is 29.8. The Kier molecular flexibility index (Phi) is 4.69. The molecule has 2 amide bonds. The molecule has 4 aliphatic carbocycles. The van der Waals surface area contributed by atoms with Crippen LogP contribution in [0.5, 0.6) is 0 Å². The van der Waals surface area contributed by atoms with Crippen LogP contribution in [0.3, 0.4) is 0 Å². The molecule has 1 aromatic rings. The van der Waals surface area contributed by atoms with Crippen molar-refractivity contribution in [3.63, 3.8) is 0 Å². The Balaban J connectivity index is 1.19. The molecule has 0 radical (unpaired) electrons. The first-order valence-electron chi connectivity index (χ1n) is 10.4. The second-order valence-electron chi connectivity index (χ2n) is 9.12. The average Bonchev–Trinajstić information content (AvgIpc) is 2.98. The van der Waals surface area contributed by atoms with E-state index < -0.39 is 0 Å². The van der Waals surface area contributed by atoms with E-state index in [1.807, 2.05) is 30.3 Å². The van der Waals surface area contributed by atoms with Crippen LogP contribution in [0, 0.1) is 17.8 Å². The molecule has 1 saturated heterocycles. The molecule has 6 rings (SSSR count). The topological polar surface area (TPSA) is 70.6 Å². The van der Waals surface area contributed by atoms with Crippen LogP contribution in [0.25, 0.3) is 0 Å². The van der Waals surface area contributed by atoms with Crippen molar-refractivity contribution in [3.8, 4) is 0 Å². The lowest BCUT2D eigenvalue weighted by atomic mass is 9.53. The van der Waals surface area contributed by atoms with Gasteiger partial charge in [0.2, 0.25) is 11.8 Å². The number of amidine groups is 1. The molecular weight excluding hydrogens is 370 g/mol. The van der Waals surface area contributed by atoms with Crippen LogP contribution >= 0.6 is 11.8 Å². The second kappa shape index (κ2) is 7.21. The van der Waals surface area contributed by atoms with Gasteiger partial charge in [0, 0.05) is 13.0 Å². The first-order valence-corrected chi connectivity index (χ1v) is 11.3. The van der Waals surface area contributed by atoms with Crippen molar-refractivity contribution in [1.29, 1.82) is 0 Å². The lowest BCUT2D eigenvalue weighted by Gasteiger charge is -2.55. The smallest absolute Gasteiger partial charge is 0.240 e. The molecule has 2 N–H and O–H groups in total. The Bertz CT molecular complexity index is 772. The van der Waals surface area contributed by atoms with Gasteiger partial charge in [0.15, 0.2) is 5.17 Å².